The Bertz CT molecular complexity index is 654. The van der Waals surface area contributed by atoms with E-state index in [1.54, 1.807) is 23.5 Å². The van der Waals surface area contributed by atoms with Gasteiger partial charge in [0.15, 0.2) is 5.96 Å². The van der Waals surface area contributed by atoms with E-state index in [-0.39, 0.29) is 0 Å². The van der Waals surface area contributed by atoms with Crippen molar-refractivity contribution in [3.8, 4) is 5.75 Å². The Morgan fingerprint density at radius 1 is 1.25 bits per heavy atom. The van der Waals surface area contributed by atoms with Crippen LogP contribution in [0.25, 0.3) is 0 Å². The number of hydrogen-bond acceptors (Lipinski definition) is 4. The standard InChI is InChI=1S/C18H26N4OS/c1-3-16-13-22-17(24-16)9-11-21-18(19-4-2)20-10-8-14-6-5-7-15(23)12-14/h5-7,12-13,23H,3-4,8-11H2,1-2H3,(H2,19,20,21). The van der Waals surface area contributed by atoms with Gasteiger partial charge in [-0.05, 0) is 37.5 Å². The van der Waals surface area contributed by atoms with Crippen LogP contribution in [0.4, 0.5) is 0 Å². The molecule has 0 saturated heterocycles. The molecule has 1 aromatic carbocycles. The molecule has 24 heavy (non-hydrogen) atoms. The van der Waals surface area contributed by atoms with E-state index in [1.165, 1.54) is 4.88 Å². The topological polar surface area (TPSA) is 69.5 Å². The number of hydrogen-bond donors (Lipinski definition) is 3. The smallest absolute Gasteiger partial charge is 0.191 e. The van der Waals surface area contributed by atoms with Crippen molar-refractivity contribution in [3.05, 3.63) is 45.9 Å². The largest absolute Gasteiger partial charge is 0.508 e. The van der Waals surface area contributed by atoms with E-state index < -0.39 is 0 Å². The molecule has 0 fully saturated rings. The number of aromatic hydroxyl groups is 1. The molecule has 5 nitrogen and oxygen atoms in total. The van der Waals surface area contributed by atoms with Gasteiger partial charge in [-0.15, -0.1) is 11.3 Å². The highest BCUT2D eigenvalue weighted by atomic mass is 32.1. The van der Waals surface area contributed by atoms with Gasteiger partial charge in [0.05, 0.1) is 5.01 Å². The van der Waals surface area contributed by atoms with E-state index in [4.69, 9.17) is 0 Å². The number of aromatic nitrogens is 1. The molecule has 2 aromatic rings. The molecule has 0 atom stereocenters. The summed E-state index contributed by atoms with van der Waals surface area (Å²) in [6, 6.07) is 7.35. The number of guanidine groups is 1. The molecule has 0 aliphatic heterocycles. The number of phenolic OH excluding ortho intramolecular Hbond substituents is 1. The first-order chi connectivity index (χ1) is 11.7. The zero-order valence-corrected chi connectivity index (χ0v) is 15.2. The minimum absolute atomic E-state index is 0.308. The Hall–Kier alpha value is -2.08. The minimum atomic E-state index is 0.308. The SMILES string of the molecule is CCNC(=NCCc1ncc(CC)s1)NCCc1cccc(O)c1. The summed E-state index contributed by atoms with van der Waals surface area (Å²) in [7, 11) is 0. The van der Waals surface area contributed by atoms with E-state index in [0.717, 1.165) is 55.4 Å². The van der Waals surface area contributed by atoms with Crippen LogP contribution in [0.3, 0.4) is 0 Å². The van der Waals surface area contributed by atoms with Gasteiger partial charge < -0.3 is 15.7 Å². The lowest BCUT2D eigenvalue weighted by molar-refractivity contribution is 0.474. The van der Waals surface area contributed by atoms with Crippen molar-refractivity contribution < 1.29 is 5.11 Å². The van der Waals surface area contributed by atoms with E-state index >= 15 is 0 Å². The number of phenols is 1. The molecule has 0 radical (unpaired) electrons. The molecular formula is C18H26N4OS. The maximum absolute atomic E-state index is 9.49. The highest BCUT2D eigenvalue weighted by Gasteiger charge is 2.02. The number of thiazole rings is 1. The second-order valence-electron chi connectivity index (χ2n) is 5.43. The fourth-order valence-corrected chi connectivity index (χ4v) is 3.12. The molecular weight excluding hydrogens is 320 g/mol. The second kappa shape index (κ2) is 9.93. The monoisotopic (exact) mass is 346 g/mol. The highest BCUT2D eigenvalue weighted by Crippen LogP contribution is 2.13. The average Bonchev–Trinajstić information content (AvgIpc) is 3.03. The van der Waals surface area contributed by atoms with Gasteiger partial charge in [0.2, 0.25) is 0 Å². The van der Waals surface area contributed by atoms with Crippen LogP contribution in [0, 0.1) is 0 Å². The Morgan fingerprint density at radius 2 is 2.12 bits per heavy atom. The molecule has 2 rings (SSSR count). The predicted molar refractivity (Wildman–Crippen MR) is 101 cm³/mol. The van der Waals surface area contributed by atoms with E-state index in [9.17, 15) is 5.11 Å². The zero-order chi connectivity index (χ0) is 17.2. The van der Waals surface area contributed by atoms with Crippen LogP contribution < -0.4 is 10.6 Å². The molecule has 1 aromatic heterocycles. The van der Waals surface area contributed by atoms with Crippen molar-refractivity contribution in [3.63, 3.8) is 0 Å². The van der Waals surface area contributed by atoms with Gasteiger partial charge in [-0.2, -0.15) is 0 Å². The third-order valence-corrected chi connectivity index (χ3v) is 4.71. The summed E-state index contributed by atoms with van der Waals surface area (Å²) >= 11 is 1.77. The first-order valence-corrected chi connectivity index (χ1v) is 9.26. The maximum atomic E-state index is 9.49. The van der Waals surface area contributed by atoms with Gasteiger partial charge in [-0.1, -0.05) is 19.1 Å². The van der Waals surface area contributed by atoms with Crippen molar-refractivity contribution in [2.24, 2.45) is 4.99 Å². The Labute approximate surface area is 147 Å². The van der Waals surface area contributed by atoms with Crippen molar-refractivity contribution in [2.75, 3.05) is 19.6 Å². The molecule has 0 unspecified atom stereocenters. The second-order valence-corrected chi connectivity index (χ2v) is 6.63. The number of nitrogens with zero attached hydrogens (tertiary/aromatic N) is 2. The highest BCUT2D eigenvalue weighted by molar-refractivity contribution is 7.11. The van der Waals surface area contributed by atoms with Gasteiger partial charge in [-0.25, -0.2) is 4.98 Å². The molecule has 0 spiro atoms. The Morgan fingerprint density at radius 3 is 2.83 bits per heavy atom. The summed E-state index contributed by atoms with van der Waals surface area (Å²) in [6.45, 7) is 6.52. The van der Waals surface area contributed by atoms with Crippen LogP contribution in [0.5, 0.6) is 5.75 Å². The lowest BCUT2D eigenvalue weighted by atomic mass is 10.1. The van der Waals surface area contributed by atoms with Crippen molar-refractivity contribution in [1.82, 2.24) is 15.6 Å². The molecule has 1 heterocycles. The fraction of sp³-hybridized carbons (Fsp3) is 0.444. The average molecular weight is 347 g/mol. The number of rotatable bonds is 8. The molecule has 0 bridgehead atoms. The van der Waals surface area contributed by atoms with Crippen LogP contribution in [0.15, 0.2) is 35.5 Å². The lowest BCUT2D eigenvalue weighted by Crippen LogP contribution is -2.38. The van der Waals surface area contributed by atoms with Crippen LogP contribution in [0.1, 0.15) is 29.3 Å². The normalized spacial score (nSPS) is 11.5. The number of aliphatic imine (C=N–C) groups is 1. The van der Waals surface area contributed by atoms with Crippen LogP contribution in [-0.2, 0) is 19.3 Å². The van der Waals surface area contributed by atoms with Gasteiger partial charge >= 0.3 is 0 Å². The number of nitrogens with one attached hydrogen (secondary N) is 2. The van der Waals surface area contributed by atoms with Gasteiger partial charge in [0, 0.05) is 37.1 Å². The van der Waals surface area contributed by atoms with E-state index in [0.29, 0.717) is 5.75 Å². The summed E-state index contributed by atoms with van der Waals surface area (Å²) in [4.78, 5) is 10.4. The van der Waals surface area contributed by atoms with Gasteiger partial charge in [0.1, 0.15) is 5.75 Å². The molecule has 0 aliphatic rings. The third kappa shape index (κ3) is 6.20. The molecule has 0 amide bonds. The number of benzene rings is 1. The summed E-state index contributed by atoms with van der Waals surface area (Å²) in [5.41, 5.74) is 1.10. The summed E-state index contributed by atoms with van der Waals surface area (Å²) < 4.78 is 0. The predicted octanol–water partition coefficient (Wildman–Crippen LogP) is 2.75. The summed E-state index contributed by atoms with van der Waals surface area (Å²) in [6.07, 6.45) is 4.71. The minimum Gasteiger partial charge on any atom is -0.508 e. The van der Waals surface area contributed by atoms with Gasteiger partial charge in [-0.3, -0.25) is 4.99 Å². The van der Waals surface area contributed by atoms with Crippen LogP contribution in [0.2, 0.25) is 0 Å². The quantitative estimate of drug-likeness (QED) is 0.508. The molecule has 3 N–H and O–H groups in total. The van der Waals surface area contributed by atoms with E-state index in [1.807, 2.05) is 18.3 Å². The summed E-state index contributed by atoms with van der Waals surface area (Å²) in [5.74, 6) is 1.13. The van der Waals surface area contributed by atoms with Crippen LogP contribution in [-0.4, -0.2) is 35.7 Å². The molecule has 0 saturated carbocycles. The summed E-state index contributed by atoms with van der Waals surface area (Å²) in [5, 5.41) is 17.2. The zero-order valence-electron chi connectivity index (χ0n) is 14.4. The molecule has 6 heteroatoms. The van der Waals surface area contributed by atoms with Gasteiger partial charge in [0.25, 0.3) is 0 Å². The molecule has 0 aliphatic carbocycles. The Kier molecular flexibility index (Phi) is 7.55. The lowest BCUT2D eigenvalue weighted by Gasteiger charge is -2.11. The fourth-order valence-electron chi connectivity index (χ4n) is 2.27. The van der Waals surface area contributed by atoms with Crippen molar-refractivity contribution in [1.29, 1.82) is 0 Å². The van der Waals surface area contributed by atoms with Crippen molar-refractivity contribution in [2.45, 2.75) is 33.1 Å². The molecule has 130 valence electrons. The third-order valence-electron chi connectivity index (χ3n) is 3.51. The first kappa shape index (κ1) is 18.3. The Balaban J connectivity index is 1.79. The first-order valence-electron chi connectivity index (χ1n) is 8.45. The maximum Gasteiger partial charge on any atom is 0.191 e. The van der Waals surface area contributed by atoms with Crippen LogP contribution >= 0.6 is 11.3 Å². The number of aryl methyl sites for hydroxylation is 1. The van der Waals surface area contributed by atoms with E-state index in [2.05, 4.69) is 34.5 Å². The van der Waals surface area contributed by atoms with Crippen molar-refractivity contribution >= 4 is 17.3 Å².